The highest BCUT2D eigenvalue weighted by atomic mass is 28.4. The molecule has 1 unspecified atom stereocenters. The second kappa shape index (κ2) is 9.78. The third-order valence-electron chi connectivity index (χ3n) is 7.06. The zero-order valence-corrected chi connectivity index (χ0v) is 22.4. The fourth-order valence-electron chi connectivity index (χ4n) is 4.01. The maximum atomic E-state index is 6.71. The van der Waals surface area contributed by atoms with Crippen LogP contribution >= 0.6 is 0 Å². The van der Waals surface area contributed by atoms with Crippen LogP contribution in [0, 0.1) is 5.92 Å². The van der Waals surface area contributed by atoms with E-state index in [4.69, 9.17) is 4.43 Å². The first-order valence-electron chi connectivity index (χ1n) is 12.2. The summed E-state index contributed by atoms with van der Waals surface area (Å²) in [6, 6.07) is 17.9. The van der Waals surface area contributed by atoms with Crippen LogP contribution in [0.15, 0.2) is 54.6 Å². The zero-order chi connectivity index (χ0) is 23.5. The molecule has 0 spiro atoms. The van der Waals surface area contributed by atoms with Crippen molar-refractivity contribution >= 4 is 20.1 Å². The predicted molar refractivity (Wildman–Crippen MR) is 142 cm³/mol. The Bertz CT molecular complexity index is 980. The monoisotopic (exact) mass is 448 g/mol. The molecule has 1 atom stereocenters. The van der Waals surface area contributed by atoms with Crippen molar-refractivity contribution in [2.75, 3.05) is 6.54 Å². The molecule has 0 aliphatic carbocycles. The van der Waals surface area contributed by atoms with Crippen LogP contribution in [-0.2, 0) is 0 Å². The van der Waals surface area contributed by atoms with Crippen molar-refractivity contribution in [2.24, 2.45) is 5.92 Å². The summed E-state index contributed by atoms with van der Waals surface area (Å²) in [5.74, 6) is 1.52. The Kier molecular flexibility index (Phi) is 7.49. The van der Waals surface area contributed by atoms with Crippen LogP contribution < -0.4 is 4.43 Å². The maximum Gasteiger partial charge on any atom is 0.250 e. The number of rotatable bonds is 7. The first-order chi connectivity index (χ1) is 15.0. The van der Waals surface area contributed by atoms with E-state index in [-0.39, 0.29) is 5.04 Å². The van der Waals surface area contributed by atoms with Gasteiger partial charge in [-0.3, -0.25) is 0 Å². The van der Waals surface area contributed by atoms with Gasteiger partial charge < -0.3 is 4.43 Å². The molecule has 32 heavy (non-hydrogen) atoms. The second-order valence-corrected chi connectivity index (χ2v) is 15.7. The van der Waals surface area contributed by atoms with E-state index in [0.29, 0.717) is 12.0 Å². The molecule has 2 aromatic rings. The van der Waals surface area contributed by atoms with Crippen molar-refractivity contribution in [1.29, 1.82) is 0 Å². The lowest BCUT2D eigenvalue weighted by atomic mass is 9.91. The van der Waals surface area contributed by atoms with Gasteiger partial charge in [0, 0.05) is 17.9 Å². The normalized spacial score (nSPS) is 16.8. The molecule has 0 saturated heterocycles. The third kappa shape index (κ3) is 5.43. The van der Waals surface area contributed by atoms with Crippen molar-refractivity contribution in [1.82, 2.24) is 0 Å². The number of benzene rings is 2. The van der Waals surface area contributed by atoms with E-state index in [9.17, 15) is 0 Å². The smallest absolute Gasteiger partial charge is 0.250 e. The van der Waals surface area contributed by atoms with Crippen molar-refractivity contribution in [3.05, 3.63) is 71.3 Å². The number of hydrogen-bond acceptors (Lipinski definition) is 1. The lowest BCUT2D eigenvalue weighted by Gasteiger charge is -2.36. The minimum absolute atomic E-state index is 0.170. The minimum Gasteiger partial charge on any atom is -0.543 e. The van der Waals surface area contributed by atoms with Crippen molar-refractivity contribution in [2.45, 2.75) is 78.6 Å². The first kappa shape index (κ1) is 24.5. The average molecular weight is 449 g/mol. The molecule has 0 saturated carbocycles. The number of unbranched alkanes of at least 4 members (excludes halogenated alkanes) is 1. The van der Waals surface area contributed by atoms with Gasteiger partial charge in [-0.15, -0.1) is 0 Å². The molecular formula is C29H42NOSi+. The third-order valence-corrected chi connectivity index (χ3v) is 11.4. The van der Waals surface area contributed by atoms with E-state index in [1.807, 2.05) is 0 Å². The van der Waals surface area contributed by atoms with Crippen molar-refractivity contribution in [3.8, 4) is 5.75 Å². The Balaban J connectivity index is 2.16. The first-order valence-corrected chi connectivity index (χ1v) is 15.2. The van der Waals surface area contributed by atoms with Gasteiger partial charge in [-0.2, -0.15) is 0 Å². The van der Waals surface area contributed by atoms with Gasteiger partial charge in [0.15, 0.2) is 12.3 Å². The highest BCUT2D eigenvalue weighted by Crippen LogP contribution is 2.39. The Morgan fingerprint density at radius 1 is 1.03 bits per heavy atom. The molecule has 1 aliphatic heterocycles. The fourth-order valence-corrected chi connectivity index (χ4v) is 5.03. The van der Waals surface area contributed by atoms with Gasteiger partial charge in [-0.05, 0) is 59.1 Å². The topological polar surface area (TPSA) is 12.2 Å². The van der Waals surface area contributed by atoms with Crippen LogP contribution in [0.4, 0.5) is 0 Å². The Labute approximate surface area is 197 Å². The van der Waals surface area contributed by atoms with Crippen LogP contribution in [0.2, 0.25) is 18.1 Å². The summed E-state index contributed by atoms with van der Waals surface area (Å²) < 4.78 is 9.26. The lowest BCUT2D eigenvalue weighted by Crippen LogP contribution is -2.43. The van der Waals surface area contributed by atoms with Crippen LogP contribution in [-0.4, -0.2) is 31.7 Å². The predicted octanol–water partition coefficient (Wildman–Crippen LogP) is 7.77. The van der Waals surface area contributed by atoms with Gasteiger partial charge in [0.05, 0.1) is 0 Å². The van der Waals surface area contributed by atoms with Gasteiger partial charge in [0.2, 0.25) is 8.32 Å². The van der Waals surface area contributed by atoms with Crippen LogP contribution in [0.1, 0.15) is 71.1 Å². The molecule has 3 rings (SSSR count). The lowest BCUT2D eigenvalue weighted by molar-refractivity contribution is -0.557. The molecule has 3 heteroatoms. The molecular weight excluding hydrogens is 406 g/mol. The largest absolute Gasteiger partial charge is 0.543 e. The second-order valence-electron chi connectivity index (χ2n) is 11.0. The van der Waals surface area contributed by atoms with Gasteiger partial charge in [0.25, 0.3) is 0 Å². The van der Waals surface area contributed by atoms with E-state index in [2.05, 4.69) is 120 Å². The standard InChI is InChI=1S/C29H42NOSi/c1-9-10-18-30-21-24-16-17-25(31-32(7,8)29(4,5)6)19-26(24)27(20-28(30)22(2)3)23-14-12-11-13-15-23/h11-17,19-22,28H,9-10,18H2,1-8H3/q+1. The van der Waals surface area contributed by atoms with Crippen LogP contribution in [0.3, 0.4) is 0 Å². The van der Waals surface area contributed by atoms with Crippen molar-refractivity contribution < 1.29 is 9.00 Å². The molecule has 2 nitrogen and oxygen atoms in total. The van der Waals surface area contributed by atoms with Gasteiger partial charge in [0.1, 0.15) is 12.3 Å². The minimum atomic E-state index is -1.91. The van der Waals surface area contributed by atoms with Crippen LogP contribution in [0.25, 0.3) is 5.57 Å². The number of nitrogens with zero attached hydrogens (tertiary/aromatic N) is 1. The Hall–Kier alpha value is -2.13. The summed E-state index contributed by atoms with van der Waals surface area (Å²) in [5.41, 5.74) is 5.14. The highest BCUT2D eigenvalue weighted by Gasteiger charge is 2.39. The quantitative estimate of drug-likeness (QED) is 0.311. The fraction of sp³-hybridized carbons (Fsp3) is 0.483. The number of fused-ring (bicyclic) bond motifs is 1. The SMILES string of the molecule is CCCC[N+]1=Cc2ccc(O[Si](C)(C)C(C)(C)C)cc2C(c2ccccc2)=CC1C(C)C. The van der Waals surface area contributed by atoms with Gasteiger partial charge >= 0.3 is 0 Å². The number of hydrogen-bond donors (Lipinski definition) is 0. The molecule has 2 aromatic carbocycles. The summed E-state index contributed by atoms with van der Waals surface area (Å²) in [6.45, 7) is 19.5. The summed E-state index contributed by atoms with van der Waals surface area (Å²) >= 11 is 0. The van der Waals surface area contributed by atoms with E-state index < -0.39 is 8.32 Å². The van der Waals surface area contributed by atoms with E-state index in [1.165, 1.54) is 35.1 Å². The Morgan fingerprint density at radius 2 is 1.72 bits per heavy atom. The highest BCUT2D eigenvalue weighted by molar-refractivity contribution is 6.74. The van der Waals surface area contributed by atoms with E-state index >= 15 is 0 Å². The molecule has 0 fully saturated rings. The van der Waals surface area contributed by atoms with E-state index in [1.54, 1.807) is 0 Å². The molecule has 0 aromatic heterocycles. The van der Waals surface area contributed by atoms with Crippen molar-refractivity contribution in [3.63, 3.8) is 0 Å². The molecule has 1 aliphatic rings. The van der Waals surface area contributed by atoms with E-state index in [0.717, 1.165) is 12.3 Å². The summed E-state index contributed by atoms with van der Waals surface area (Å²) in [7, 11) is -1.91. The van der Waals surface area contributed by atoms with Gasteiger partial charge in [-0.25, -0.2) is 4.58 Å². The summed E-state index contributed by atoms with van der Waals surface area (Å²) in [5, 5.41) is 0.170. The molecule has 0 N–H and O–H groups in total. The molecule has 172 valence electrons. The molecule has 1 heterocycles. The molecule has 0 amide bonds. The average Bonchev–Trinajstić information content (AvgIpc) is 2.88. The summed E-state index contributed by atoms with van der Waals surface area (Å²) in [4.78, 5) is 0. The maximum absolute atomic E-state index is 6.71. The molecule has 0 radical (unpaired) electrons. The Morgan fingerprint density at radius 3 is 2.31 bits per heavy atom. The zero-order valence-electron chi connectivity index (χ0n) is 21.4. The van der Waals surface area contributed by atoms with Crippen LogP contribution in [0.5, 0.6) is 5.75 Å². The summed E-state index contributed by atoms with van der Waals surface area (Å²) in [6.07, 6.45) is 7.29. The van der Waals surface area contributed by atoms with Gasteiger partial charge in [-0.1, -0.05) is 78.3 Å². The molecule has 0 bridgehead atoms.